The summed E-state index contributed by atoms with van der Waals surface area (Å²) in [6.07, 6.45) is 3.92. The summed E-state index contributed by atoms with van der Waals surface area (Å²) in [6.45, 7) is 2.21. The number of likely N-dealkylation sites (tertiary alicyclic amines) is 1. The zero-order valence-corrected chi connectivity index (χ0v) is 10.7. The van der Waals surface area contributed by atoms with Gasteiger partial charge in [0.05, 0.1) is 6.20 Å². The molecule has 0 aliphatic carbocycles. The monoisotopic (exact) mass is 269 g/mol. The van der Waals surface area contributed by atoms with Crippen LogP contribution in [0.3, 0.4) is 0 Å². The molecule has 6 nitrogen and oxygen atoms in total. The summed E-state index contributed by atoms with van der Waals surface area (Å²) < 4.78 is 0. The first-order chi connectivity index (χ1) is 8.66. The molecule has 2 rings (SSSR count). The van der Waals surface area contributed by atoms with Gasteiger partial charge in [0.2, 0.25) is 5.91 Å². The van der Waals surface area contributed by atoms with Gasteiger partial charge in [0.25, 0.3) is 0 Å². The summed E-state index contributed by atoms with van der Waals surface area (Å²) in [5.41, 5.74) is 0. The van der Waals surface area contributed by atoms with E-state index in [1.54, 1.807) is 0 Å². The van der Waals surface area contributed by atoms with Crippen LogP contribution in [-0.2, 0) is 4.79 Å². The SMILES string of the molecule is O=C(O)c1cnc(NCCC(=O)N2CCCC2)s1. The maximum Gasteiger partial charge on any atom is 0.347 e. The Kier molecular flexibility index (Phi) is 4.14. The molecular formula is C11H15N3O3S. The fraction of sp³-hybridized carbons (Fsp3) is 0.545. The molecule has 0 spiro atoms. The predicted molar refractivity (Wildman–Crippen MR) is 68.0 cm³/mol. The fourth-order valence-electron chi connectivity index (χ4n) is 1.86. The van der Waals surface area contributed by atoms with Crippen LogP contribution in [0, 0.1) is 0 Å². The van der Waals surface area contributed by atoms with Gasteiger partial charge in [-0.1, -0.05) is 11.3 Å². The van der Waals surface area contributed by atoms with E-state index in [2.05, 4.69) is 10.3 Å². The summed E-state index contributed by atoms with van der Waals surface area (Å²) in [7, 11) is 0. The second-order valence-corrected chi connectivity index (χ2v) is 5.13. The van der Waals surface area contributed by atoms with Gasteiger partial charge >= 0.3 is 5.97 Å². The summed E-state index contributed by atoms with van der Waals surface area (Å²) >= 11 is 1.08. The highest BCUT2D eigenvalue weighted by molar-refractivity contribution is 7.17. The van der Waals surface area contributed by atoms with Gasteiger partial charge in [0, 0.05) is 26.1 Å². The number of hydrogen-bond donors (Lipinski definition) is 2. The number of aromatic nitrogens is 1. The van der Waals surface area contributed by atoms with Gasteiger partial charge in [0.1, 0.15) is 4.88 Å². The standard InChI is InChI=1S/C11H15N3O3S/c15-9(14-5-1-2-6-14)3-4-12-11-13-7-8(18-11)10(16)17/h7H,1-6H2,(H,12,13)(H,16,17). The number of amides is 1. The second kappa shape index (κ2) is 5.81. The van der Waals surface area contributed by atoms with Gasteiger partial charge in [-0.2, -0.15) is 0 Å². The van der Waals surface area contributed by atoms with E-state index in [1.165, 1.54) is 6.20 Å². The number of carbonyl (C=O) groups excluding carboxylic acids is 1. The smallest absolute Gasteiger partial charge is 0.347 e. The Morgan fingerprint density at radius 2 is 2.17 bits per heavy atom. The van der Waals surface area contributed by atoms with Gasteiger partial charge in [0.15, 0.2) is 5.13 Å². The van der Waals surface area contributed by atoms with Crippen LogP contribution < -0.4 is 5.32 Å². The molecule has 0 aromatic carbocycles. The highest BCUT2D eigenvalue weighted by atomic mass is 32.1. The normalized spacial score (nSPS) is 14.8. The maximum absolute atomic E-state index is 11.7. The zero-order valence-electron chi connectivity index (χ0n) is 9.89. The quantitative estimate of drug-likeness (QED) is 0.841. The molecular weight excluding hydrogens is 254 g/mol. The lowest BCUT2D eigenvalue weighted by atomic mass is 10.3. The van der Waals surface area contributed by atoms with Crippen molar-refractivity contribution in [3.8, 4) is 0 Å². The van der Waals surface area contributed by atoms with Gasteiger partial charge in [-0.25, -0.2) is 9.78 Å². The van der Waals surface area contributed by atoms with Gasteiger partial charge < -0.3 is 15.3 Å². The Balaban J connectivity index is 1.74. The molecule has 0 radical (unpaired) electrons. The third kappa shape index (κ3) is 3.19. The number of nitrogens with one attached hydrogen (secondary N) is 1. The number of rotatable bonds is 5. The summed E-state index contributed by atoms with van der Waals surface area (Å²) in [5, 5.41) is 12.3. The lowest BCUT2D eigenvalue weighted by Gasteiger charge is -2.14. The van der Waals surface area contributed by atoms with Crippen LogP contribution in [-0.4, -0.2) is 46.5 Å². The molecule has 18 heavy (non-hydrogen) atoms. The molecule has 1 aromatic heterocycles. The van der Waals surface area contributed by atoms with Crippen LogP contribution in [0.2, 0.25) is 0 Å². The van der Waals surface area contributed by atoms with E-state index in [0.29, 0.717) is 18.1 Å². The molecule has 1 saturated heterocycles. The molecule has 2 N–H and O–H groups in total. The molecule has 98 valence electrons. The Morgan fingerprint density at radius 1 is 1.44 bits per heavy atom. The maximum atomic E-state index is 11.7. The number of thiazole rings is 1. The molecule has 1 aliphatic heterocycles. The summed E-state index contributed by atoms with van der Waals surface area (Å²) in [4.78, 5) is 28.4. The number of carboxylic acids is 1. The van der Waals surface area contributed by atoms with Crippen molar-refractivity contribution in [1.82, 2.24) is 9.88 Å². The zero-order chi connectivity index (χ0) is 13.0. The molecule has 0 atom stereocenters. The van der Waals surface area contributed by atoms with E-state index in [9.17, 15) is 9.59 Å². The Morgan fingerprint density at radius 3 is 2.78 bits per heavy atom. The first kappa shape index (κ1) is 12.8. The molecule has 2 heterocycles. The number of nitrogens with zero attached hydrogens (tertiary/aromatic N) is 2. The minimum absolute atomic E-state index is 0.148. The molecule has 0 unspecified atom stereocenters. The van der Waals surface area contributed by atoms with Crippen molar-refractivity contribution in [1.29, 1.82) is 0 Å². The summed E-state index contributed by atoms with van der Waals surface area (Å²) in [6, 6.07) is 0. The minimum atomic E-state index is -0.978. The van der Waals surface area contributed by atoms with Crippen LogP contribution in [0.15, 0.2) is 6.20 Å². The first-order valence-corrected chi connectivity index (χ1v) is 6.69. The lowest BCUT2D eigenvalue weighted by molar-refractivity contribution is -0.129. The van der Waals surface area contributed by atoms with E-state index in [-0.39, 0.29) is 10.8 Å². The number of aromatic carboxylic acids is 1. The molecule has 0 saturated carbocycles. The molecule has 0 bridgehead atoms. The number of carbonyl (C=O) groups is 2. The van der Waals surface area contributed by atoms with Crippen molar-refractivity contribution in [2.24, 2.45) is 0 Å². The topological polar surface area (TPSA) is 82.5 Å². The van der Waals surface area contributed by atoms with Crippen LogP contribution in [0.4, 0.5) is 5.13 Å². The molecule has 7 heteroatoms. The van der Waals surface area contributed by atoms with E-state index in [4.69, 9.17) is 5.11 Å². The number of anilines is 1. The highest BCUT2D eigenvalue weighted by Gasteiger charge is 2.17. The third-order valence-corrected chi connectivity index (χ3v) is 3.73. The van der Waals surface area contributed by atoms with Crippen molar-refractivity contribution < 1.29 is 14.7 Å². The Labute approximate surface area is 109 Å². The Bertz CT molecular complexity index is 440. The fourth-order valence-corrected chi connectivity index (χ4v) is 2.54. The van der Waals surface area contributed by atoms with Crippen LogP contribution in [0.1, 0.15) is 28.9 Å². The van der Waals surface area contributed by atoms with Crippen molar-refractivity contribution in [3.05, 3.63) is 11.1 Å². The molecule has 1 amide bonds. The van der Waals surface area contributed by atoms with Crippen molar-refractivity contribution >= 4 is 28.3 Å². The van der Waals surface area contributed by atoms with E-state index < -0.39 is 5.97 Å². The highest BCUT2D eigenvalue weighted by Crippen LogP contribution is 2.17. The van der Waals surface area contributed by atoms with E-state index >= 15 is 0 Å². The second-order valence-electron chi connectivity index (χ2n) is 4.10. The Hall–Kier alpha value is -1.63. The minimum Gasteiger partial charge on any atom is -0.477 e. The van der Waals surface area contributed by atoms with Gasteiger partial charge in [-0.05, 0) is 12.8 Å². The average Bonchev–Trinajstić information content (AvgIpc) is 3.00. The first-order valence-electron chi connectivity index (χ1n) is 5.87. The predicted octanol–water partition coefficient (Wildman–Crippen LogP) is 1.27. The van der Waals surface area contributed by atoms with Gasteiger partial charge in [-0.3, -0.25) is 4.79 Å². The van der Waals surface area contributed by atoms with Crippen molar-refractivity contribution in [3.63, 3.8) is 0 Å². The van der Waals surface area contributed by atoms with Crippen LogP contribution >= 0.6 is 11.3 Å². The van der Waals surface area contributed by atoms with E-state index in [0.717, 1.165) is 37.3 Å². The lowest BCUT2D eigenvalue weighted by Crippen LogP contribution is -2.29. The average molecular weight is 269 g/mol. The number of hydrogen-bond acceptors (Lipinski definition) is 5. The van der Waals surface area contributed by atoms with E-state index in [1.807, 2.05) is 4.90 Å². The third-order valence-electron chi connectivity index (χ3n) is 2.79. The van der Waals surface area contributed by atoms with Crippen molar-refractivity contribution in [2.75, 3.05) is 25.0 Å². The molecule has 1 fully saturated rings. The van der Waals surface area contributed by atoms with Crippen molar-refractivity contribution in [2.45, 2.75) is 19.3 Å². The van der Waals surface area contributed by atoms with Gasteiger partial charge in [-0.15, -0.1) is 0 Å². The van der Waals surface area contributed by atoms with Crippen LogP contribution in [0.5, 0.6) is 0 Å². The number of carboxylic acid groups (broad SMARTS) is 1. The van der Waals surface area contributed by atoms with Crippen LogP contribution in [0.25, 0.3) is 0 Å². The molecule has 1 aromatic rings. The summed E-state index contributed by atoms with van der Waals surface area (Å²) in [5.74, 6) is -0.830. The largest absolute Gasteiger partial charge is 0.477 e. The molecule has 1 aliphatic rings.